The Kier molecular flexibility index (Phi) is 8.68. The van der Waals surface area contributed by atoms with Gasteiger partial charge >= 0.3 is 15.1 Å². The number of nitrogen functional groups attached to an aromatic ring is 2. The molecule has 9 atom stereocenters. The Hall–Kier alpha value is -3.10. The molecule has 2 aliphatic heterocycles. The predicted molar refractivity (Wildman–Crippen MR) is 153 cm³/mol. The van der Waals surface area contributed by atoms with Crippen LogP contribution in [0.5, 0.6) is 0 Å². The zero-order valence-electron chi connectivity index (χ0n) is 22.6. The number of ether oxygens (including phenoxy) is 2. The maximum Gasteiger partial charge on any atom is 0.582 e. The molecule has 242 valence electrons. The second kappa shape index (κ2) is 12.3. The van der Waals surface area contributed by atoms with E-state index >= 15 is 4.39 Å². The molecule has 2 saturated heterocycles. The predicted octanol–water partition coefficient (Wildman–Crippen LogP) is 1.46. The number of thiol groups is 1. The minimum Gasteiger partial charge on any atom is -0.398 e. The molecule has 0 bridgehead atoms. The molecule has 0 amide bonds. The average molecular weight is 693 g/mol. The third kappa shape index (κ3) is 6.08. The van der Waals surface area contributed by atoms with Crippen LogP contribution in [0, 0.1) is 5.82 Å². The van der Waals surface area contributed by atoms with E-state index in [2.05, 4.69) is 32.2 Å². The van der Waals surface area contributed by atoms with E-state index in [0.717, 1.165) is 17.1 Å². The zero-order chi connectivity index (χ0) is 32.2. The standard InChI is InChI=1S/C22H24F2N8O10P2S/c23-8-4-31(18-14(8)9(25)1-2-27-18)13-3-10(41-43(35)45)12(39-13)6-38-44(36,37)42-17-15(24)11(5-33)40-21(17)32-7-28-16-19(32)29-22(26)30-20(16)34/h1-2,4,7,10-13,15,17,21,33H,3,5-6H2,(H6-,25,26,27,29,30,34,35,36,37,45)/p+1/t10-,11+,12+,13+,15+,17+,21+/m0/s1. The number of phosphoric ester groups is 1. The van der Waals surface area contributed by atoms with E-state index in [4.69, 9.17) is 34.5 Å². The Morgan fingerprint density at radius 1 is 1.24 bits per heavy atom. The van der Waals surface area contributed by atoms with Gasteiger partial charge in [0.2, 0.25) is 5.95 Å². The van der Waals surface area contributed by atoms with Crippen molar-refractivity contribution in [2.75, 3.05) is 24.7 Å². The van der Waals surface area contributed by atoms with Gasteiger partial charge in [-0.15, -0.1) is 4.52 Å². The van der Waals surface area contributed by atoms with Crippen molar-refractivity contribution in [2.45, 2.75) is 49.5 Å². The van der Waals surface area contributed by atoms with Crippen LogP contribution in [-0.4, -0.2) is 82.9 Å². The molecule has 2 aliphatic rings. The molecule has 6 heterocycles. The van der Waals surface area contributed by atoms with Crippen LogP contribution in [0.15, 0.2) is 29.6 Å². The molecule has 0 spiro atoms. The molecule has 7 N–H and O–H groups in total. The number of aromatic nitrogens is 6. The lowest BCUT2D eigenvalue weighted by Gasteiger charge is -2.24. The molecular weight excluding hydrogens is 668 g/mol. The van der Waals surface area contributed by atoms with Gasteiger partial charge in [0.15, 0.2) is 29.4 Å². The van der Waals surface area contributed by atoms with Crippen LogP contribution < -0.4 is 17.0 Å². The van der Waals surface area contributed by atoms with Gasteiger partial charge in [0, 0.05) is 24.5 Å². The maximum atomic E-state index is 15.3. The number of halogens is 2. The lowest BCUT2D eigenvalue weighted by atomic mass is 10.1. The maximum absolute atomic E-state index is 15.3. The fourth-order valence-electron chi connectivity index (χ4n) is 5.28. The quantitative estimate of drug-likeness (QED) is 0.102. The summed E-state index contributed by atoms with van der Waals surface area (Å²) in [5.74, 6) is -0.964. The lowest BCUT2D eigenvalue weighted by molar-refractivity contribution is -0.0574. The molecule has 2 unspecified atom stereocenters. The highest BCUT2D eigenvalue weighted by atomic mass is 32.7. The van der Waals surface area contributed by atoms with Crippen LogP contribution in [0.3, 0.4) is 0 Å². The highest BCUT2D eigenvalue weighted by Gasteiger charge is 2.51. The van der Waals surface area contributed by atoms with Crippen molar-refractivity contribution in [3.05, 3.63) is 41.0 Å². The van der Waals surface area contributed by atoms with Gasteiger partial charge in [-0.2, -0.15) is 4.98 Å². The van der Waals surface area contributed by atoms with Crippen molar-refractivity contribution < 1.29 is 51.0 Å². The first-order valence-electron chi connectivity index (χ1n) is 13.0. The van der Waals surface area contributed by atoms with E-state index in [1.807, 2.05) is 0 Å². The van der Waals surface area contributed by atoms with Crippen LogP contribution in [0.1, 0.15) is 18.9 Å². The summed E-state index contributed by atoms with van der Waals surface area (Å²) in [7, 11) is -7.63. The second-order valence-electron chi connectivity index (χ2n) is 10.0. The van der Waals surface area contributed by atoms with Crippen LogP contribution in [0.4, 0.5) is 20.4 Å². The van der Waals surface area contributed by atoms with Gasteiger partial charge in [-0.25, -0.2) is 23.3 Å². The van der Waals surface area contributed by atoms with Crippen molar-refractivity contribution in [1.82, 2.24) is 29.1 Å². The molecule has 0 aliphatic carbocycles. The molecule has 4 aromatic heterocycles. The number of aliphatic hydroxyl groups excluding tert-OH is 1. The number of nitrogens with zero attached hydrogens (tertiary/aromatic N) is 5. The third-order valence-corrected chi connectivity index (χ3v) is 8.96. The number of alkyl halides is 1. The van der Waals surface area contributed by atoms with Crippen LogP contribution in [0.2, 0.25) is 0 Å². The molecule has 0 aromatic carbocycles. The first kappa shape index (κ1) is 31.9. The minimum absolute atomic E-state index is 0.0296. The number of H-pyrrole nitrogens is 1. The summed E-state index contributed by atoms with van der Waals surface area (Å²) in [5, 5.41) is 9.67. The zero-order valence-corrected chi connectivity index (χ0v) is 25.3. The third-order valence-electron chi connectivity index (χ3n) is 7.24. The Balaban J connectivity index is 1.21. The number of aromatic amines is 1. The van der Waals surface area contributed by atoms with E-state index in [0.29, 0.717) is 0 Å². The number of rotatable bonds is 10. The number of pyridine rings is 1. The van der Waals surface area contributed by atoms with E-state index < -0.39 is 82.7 Å². The molecule has 6 rings (SSSR count). The van der Waals surface area contributed by atoms with Crippen molar-refractivity contribution >= 4 is 61.1 Å². The summed E-state index contributed by atoms with van der Waals surface area (Å²) in [6.45, 7) is -1.53. The summed E-state index contributed by atoms with van der Waals surface area (Å²) in [6.07, 6.45) is -6.74. The number of anilines is 2. The van der Waals surface area contributed by atoms with Gasteiger partial charge < -0.3 is 35.5 Å². The van der Waals surface area contributed by atoms with E-state index in [-0.39, 0.29) is 40.3 Å². The van der Waals surface area contributed by atoms with E-state index in [1.165, 1.54) is 16.8 Å². The van der Waals surface area contributed by atoms with Crippen molar-refractivity contribution in [3.63, 3.8) is 0 Å². The molecule has 0 radical (unpaired) electrons. The van der Waals surface area contributed by atoms with Crippen molar-refractivity contribution in [1.29, 1.82) is 0 Å². The smallest absolute Gasteiger partial charge is 0.398 e. The SMILES string of the molecule is Nc1nc2c(ncn2[C@@H]2O[C@H](CO)[C@@H](F)[C@H]2OP(=O)(O)OC[C@H]2O[C@@H](n3cc(F)c4c(N)ccnc43)C[C@@H]2O[P+](=O)S)c(=O)[nH]1. The molecular formula is C22H25F2N8O10P2S+. The number of nitrogens with two attached hydrogens (primary N) is 2. The highest BCUT2D eigenvalue weighted by Crippen LogP contribution is 2.51. The topological polar surface area (TPSA) is 254 Å². The normalized spacial score (nSPS) is 28.6. The number of aliphatic hydroxyl groups is 1. The summed E-state index contributed by atoms with van der Waals surface area (Å²) in [6, 6.07) is 1.42. The van der Waals surface area contributed by atoms with Crippen LogP contribution in [-0.2, 0) is 32.2 Å². The summed E-state index contributed by atoms with van der Waals surface area (Å²) in [5.41, 5.74) is 10.7. The molecule has 23 heteroatoms. The van der Waals surface area contributed by atoms with Crippen LogP contribution >= 0.6 is 27.3 Å². The fourth-order valence-corrected chi connectivity index (χ4v) is 7.02. The molecule has 18 nitrogen and oxygen atoms in total. The number of hydrogen-bond acceptors (Lipinski definition) is 14. The van der Waals surface area contributed by atoms with Crippen molar-refractivity contribution in [3.8, 4) is 0 Å². The monoisotopic (exact) mass is 693 g/mol. The van der Waals surface area contributed by atoms with Gasteiger partial charge in [-0.1, -0.05) is 0 Å². The van der Waals surface area contributed by atoms with Gasteiger partial charge in [0.25, 0.3) is 5.56 Å². The summed E-state index contributed by atoms with van der Waals surface area (Å²) < 4.78 is 84.4. The van der Waals surface area contributed by atoms with Gasteiger partial charge in [0.05, 0.1) is 24.9 Å². The number of imidazole rings is 1. The van der Waals surface area contributed by atoms with E-state index in [9.17, 15) is 28.3 Å². The minimum atomic E-state index is -5.15. The highest BCUT2D eigenvalue weighted by molar-refractivity contribution is 8.39. The Bertz CT molecular complexity index is 1880. The Morgan fingerprint density at radius 2 is 2.02 bits per heavy atom. The van der Waals surface area contributed by atoms with Gasteiger partial charge in [0.1, 0.15) is 48.5 Å². The molecule has 4 aromatic rings. The Labute approximate surface area is 256 Å². The van der Waals surface area contributed by atoms with E-state index in [1.54, 1.807) is 0 Å². The molecule has 45 heavy (non-hydrogen) atoms. The van der Waals surface area contributed by atoms with Crippen LogP contribution in [0.25, 0.3) is 22.2 Å². The lowest BCUT2D eigenvalue weighted by Crippen LogP contribution is -2.32. The Morgan fingerprint density at radius 3 is 2.76 bits per heavy atom. The first-order chi connectivity index (χ1) is 21.4. The molecule has 2 fully saturated rings. The number of hydrogen-bond donors (Lipinski definition) is 6. The summed E-state index contributed by atoms with van der Waals surface area (Å²) >= 11 is 3.76. The fraction of sp³-hybridized carbons (Fsp3) is 0.455. The number of fused-ring (bicyclic) bond motifs is 2. The van der Waals surface area contributed by atoms with Crippen molar-refractivity contribution in [2.24, 2.45) is 0 Å². The summed E-state index contributed by atoms with van der Waals surface area (Å²) in [4.78, 5) is 37.1. The number of nitrogens with one attached hydrogen (secondary N) is 1. The first-order valence-corrected chi connectivity index (χ1v) is 16.9. The average Bonchev–Trinajstić information content (AvgIpc) is 3.72. The van der Waals surface area contributed by atoms with Gasteiger partial charge in [-0.05, 0) is 10.6 Å². The largest absolute Gasteiger partial charge is 0.582 e. The molecule has 0 saturated carbocycles. The van der Waals surface area contributed by atoms with Gasteiger partial charge in [-0.3, -0.25) is 23.4 Å². The second-order valence-corrected chi connectivity index (χ2v) is 13.1. The number of phosphoric acid groups is 1.